The van der Waals surface area contributed by atoms with Gasteiger partial charge in [0.25, 0.3) is 0 Å². The molecule has 0 unspecified atom stereocenters. The Morgan fingerprint density at radius 2 is 2.06 bits per heavy atom. The lowest BCUT2D eigenvalue weighted by Crippen LogP contribution is -2.02. The quantitative estimate of drug-likeness (QED) is 0.515. The summed E-state index contributed by atoms with van der Waals surface area (Å²) in [5.41, 5.74) is 3.63. The third-order valence-electron chi connectivity index (χ3n) is 2.07. The van der Waals surface area contributed by atoms with Crippen LogP contribution < -0.4 is 5.73 Å². The Morgan fingerprint density at radius 3 is 2.78 bits per heavy atom. The minimum atomic E-state index is -4.16. The molecule has 98 valence electrons. The molecule has 0 saturated carbocycles. The molecule has 18 heavy (non-hydrogen) atoms. The molecular formula is C10H10F3N3S2. The van der Waals surface area contributed by atoms with Gasteiger partial charge in [-0.2, -0.15) is 13.2 Å². The first-order valence-electron chi connectivity index (χ1n) is 5.03. The number of alkyl halides is 3. The number of H-pyrrole nitrogens is 1. The summed E-state index contributed by atoms with van der Waals surface area (Å²) in [6.07, 6.45) is 0. The topological polar surface area (TPSA) is 54.7 Å². The fraction of sp³-hybridized carbons (Fsp3) is 0.300. The molecule has 0 radical (unpaired) electrons. The van der Waals surface area contributed by atoms with E-state index in [0.717, 1.165) is 11.0 Å². The number of benzene rings is 1. The van der Waals surface area contributed by atoms with E-state index in [1.54, 1.807) is 18.2 Å². The number of nitrogens with two attached hydrogens (primary N) is 1. The average molecular weight is 293 g/mol. The number of halogens is 3. The number of nitrogens with zero attached hydrogens (tertiary/aromatic N) is 1. The van der Waals surface area contributed by atoms with Crippen molar-refractivity contribution in [1.82, 2.24) is 9.97 Å². The van der Waals surface area contributed by atoms with Gasteiger partial charge in [0.2, 0.25) is 0 Å². The van der Waals surface area contributed by atoms with E-state index >= 15 is 0 Å². The Morgan fingerprint density at radius 1 is 1.28 bits per heavy atom. The number of nitrogens with one attached hydrogen (secondary N) is 1. The second kappa shape index (κ2) is 5.31. The van der Waals surface area contributed by atoms with Gasteiger partial charge in [0, 0.05) is 17.2 Å². The number of thioether (sulfide) groups is 2. The van der Waals surface area contributed by atoms with Crippen LogP contribution in [0, 0.1) is 0 Å². The van der Waals surface area contributed by atoms with Crippen molar-refractivity contribution in [2.45, 2.75) is 10.7 Å². The molecule has 3 nitrogen and oxygen atoms in total. The summed E-state index contributed by atoms with van der Waals surface area (Å²) in [6.45, 7) is 0. The van der Waals surface area contributed by atoms with Crippen LogP contribution in [-0.4, -0.2) is 27.0 Å². The summed E-state index contributed by atoms with van der Waals surface area (Å²) in [5, 5.41) is 0.610. The maximum atomic E-state index is 11.9. The molecule has 2 aromatic rings. The van der Waals surface area contributed by atoms with Crippen molar-refractivity contribution >= 4 is 40.2 Å². The molecule has 0 amide bonds. The molecule has 1 aromatic carbocycles. The molecule has 3 N–H and O–H groups in total. The molecule has 1 aromatic heterocycles. The molecular weight excluding hydrogens is 283 g/mol. The molecule has 0 spiro atoms. The second-order valence-corrected chi connectivity index (χ2v) is 5.70. The van der Waals surface area contributed by atoms with Crippen LogP contribution in [0.1, 0.15) is 0 Å². The predicted octanol–water partition coefficient (Wildman–Crippen LogP) is 3.49. The number of imidazole rings is 1. The minimum Gasteiger partial charge on any atom is -0.399 e. The second-order valence-electron chi connectivity index (χ2n) is 3.46. The number of aromatic nitrogens is 2. The third kappa shape index (κ3) is 3.74. The Balaban J connectivity index is 1.92. The van der Waals surface area contributed by atoms with Gasteiger partial charge in [0.15, 0.2) is 5.16 Å². The van der Waals surface area contributed by atoms with Crippen molar-refractivity contribution in [1.29, 1.82) is 0 Å². The molecule has 0 aliphatic heterocycles. The van der Waals surface area contributed by atoms with E-state index in [0.29, 0.717) is 16.6 Å². The SMILES string of the molecule is Nc1ccc2nc(SCCSC(F)(F)F)[nH]c2c1. The maximum Gasteiger partial charge on any atom is 0.441 e. The molecule has 0 saturated heterocycles. The molecule has 0 bridgehead atoms. The molecule has 0 aliphatic carbocycles. The molecule has 0 atom stereocenters. The summed E-state index contributed by atoms with van der Waals surface area (Å²) in [5.74, 6) is 0.354. The van der Waals surface area contributed by atoms with Gasteiger partial charge in [-0.3, -0.25) is 0 Å². The van der Waals surface area contributed by atoms with Crippen LogP contribution in [0.4, 0.5) is 18.9 Å². The highest BCUT2D eigenvalue weighted by Gasteiger charge is 2.27. The van der Waals surface area contributed by atoms with Crippen LogP contribution in [0.25, 0.3) is 11.0 Å². The summed E-state index contributed by atoms with van der Waals surface area (Å²) < 4.78 is 35.7. The van der Waals surface area contributed by atoms with E-state index in [-0.39, 0.29) is 17.5 Å². The van der Waals surface area contributed by atoms with Gasteiger partial charge >= 0.3 is 5.51 Å². The fourth-order valence-corrected chi connectivity index (χ4v) is 2.80. The Bertz CT molecular complexity index is 539. The molecule has 2 rings (SSSR count). The highest BCUT2D eigenvalue weighted by atomic mass is 32.2. The van der Waals surface area contributed by atoms with E-state index in [2.05, 4.69) is 9.97 Å². The van der Waals surface area contributed by atoms with E-state index < -0.39 is 5.51 Å². The number of rotatable bonds is 4. The number of hydrogen-bond acceptors (Lipinski definition) is 4. The zero-order valence-corrected chi connectivity index (χ0v) is 10.8. The van der Waals surface area contributed by atoms with Crippen LogP contribution >= 0.6 is 23.5 Å². The van der Waals surface area contributed by atoms with E-state index in [1.165, 1.54) is 11.8 Å². The molecule has 1 heterocycles. The van der Waals surface area contributed by atoms with Crippen molar-refractivity contribution in [2.24, 2.45) is 0 Å². The van der Waals surface area contributed by atoms with Crippen LogP contribution in [0.2, 0.25) is 0 Å². The zero-order valence-electron chi connectivity index (χ0n) is 9.12. The van der Waals surface area contributed by atoms with Crippen LogP contribution in [-0.2, 0) is 0 Å². The van der Waals surface area contributed by atoms with Crippen molar-refractivity contribution in [2.75, 3.05) is 17.2 Å². The lowest BCUT2D eigenvalue weighted by Gasteiger charge is -2.03. The minimum absolute atomic E-state index is 0.00729. The summed E-state index contributed by atoms with van der Waals surface area (Å²) in [4.78, 5) is 7.26. The number of fused-ring (bicyclic) bond motifs is 1. The molecule has 0 aliphatic rings. The summed E-state index contributed by atoms with van der Waals surface area (Å²) >= 11 is 1.24. The summed E-state index contributed by atoms with van der Waals surface area (Å²) in [6, 6.07) is 5.25. The van der Waals surface area contributed by atoms with Crippen molar-refractivity contribution in [3.8, 4) is 0 Å². The smallest absolute Gasteiger partial charge is 0.399 e. The van der Waals surface area contributed by atoms with Gasteiger partial charge < -0.3 is 10.7 Å². The maximum absolute atomic E-state index is 11.9. The standard InChI is InChI=1S/C10H10F3N3S2/c11-10(12,13)18-4-3-17-9-15-7-2-1-6(14)5-8(7)16-9/h1-2,5H,3-4,14H2,(H,15,16). The Labute approximate surface area is 110 Å². The van der Waals surface area contributed by atoms with Gasteiger partial charge in [-0.25, -0.2) is 4.98 Å². The first-order chi connectivity index (χ1) is 8.44. The average Bonchev–Trinajstić information content (AvgIpc) is 2.65. The first-order valence-corrected chi connectivity index (χ1v) is 7.00. The molecule has 0 fully saturated rings. The number of anilines is 1. The number of hydrogen-bond donors (Lipinski definition) is 2. The van der Waals surface area contributed by atoms with Crippen molar-refractivity contribution in [3.05, 3.63) is 18.2 Å². The zero-order chi connectivity index (χ0) is 13.2. The number of aromatic amines is 1. The third-order valence-corrected chi connectivity index (χ3v) is 3.94. The van der Waals surface area contributed by atoms with E-state index in [1.807, 2.05) is 0 Å². The number of nitrogen functional groups attached to an aromatic ring is 1. The fourth-order valence-electron chi connectivity index (χ4n) is 1.37. The van der Waals surface area contributed by atoms with E-state index in [4.69, 9.17) is 5.73 Å². The lowest BCUT2D eigenvalue weighted by atomic mass is 10.3. The van der Waals surface area contributed by atoms with E-state index in [9.17, 15) is 13.2 Å². The first kappa shape index (κ1) is 13.4. The predicted molar refractivity (Wildman–Crippen MR) is 69.7 cm³/mol. The van der Waals surface area contributed by atoms with Crippen molar-refractivity contribution in [3.63, 3.8) is 0 Å². The highest BCUT2D eigenvalue weighted by Crippen LogP contribution is 2.31. The Hall–Kier alpha value is -1.02. The van der Waals surface area contributed by atoms with Gasteiger partial charge in [-0.05, 0) is 18.2 Å². The van der Waals surface area contributed by atoms with Gasteiger partial charge in [0.1, 0.15) is 0 Å². The highest BCUT2D eigenvalue weighted by molar-refractivity contribution is 8.03. The normalized spacial score (nSPS) is 12.2. The molecule has 8 heteroatoms. The van der Waals surface area contributed by atoms with Crippen LogP contribution in [0.5, 0.6) is 0 Å². The Kier molecular flexibility index (Phi) is 3.96. The largest absolute Gasteiger partial charge is 0.441 e. The van der Waals surface area contributed by atoms with Crippen molar-refractivity contribution < 1.29 is 13.2 Å². The van der Waals surface area contributed by atoms with Gasteiger partial charge in [-0.1, -0.05) is 23.5 Å². The summed E-state index contributed by atoms with van der Waals surface area (Å²) in [7, 11) is 0. The van der Waals surface area contributed by atoms with Gasteiger partial charge in [0.05, 0.1) is 11.0 Å². The van der Waals surface area contributed by atoms with Crippen LogP contribution in [0.3, 0.4) is 0 Å². The van der Waals surface area contributed by atoms with Gasteiger partial charge in [-0.15, -0.1) is 0 Å². The van der Waals surface area contributed by atoms with Crippen LogP contribution in [0.15, 0.2) is 23.4 Å². The monoisotopic (exact) mass is 293 g/mol. The lowest BCUT2D eigenvalue weighted by molar-refractivity contribution is -0.0326.